The number of halogens is 1. The molecule has 0 saturated heterocycles. The summed E-state index contributed by atoms with van der Waals surface area (Å²) in [6, 6.07) is 2.12. The molecule has 1 saturated carbocycles. The van der Waals surface area contributed by atoms with E-state index in [1.807, 2.05) is 0 Å². The molecule has 0 aromatic heterocycles. The molecule has 0 aromatic carbocycles. The second-order valence-corrected chi connectivity index (χ2v) is 4.14. The van der Waals surface area contributed by atoms with E-state index in [-0.39, 0.29) is 12.5 Å². The average Bonchev–Trinajstić information content (AvgIpc) is 2.63. The van der Waals surface area contributed by atoms with Gasteiger partial charge in [0.1, 0.15) is 5.41 Å². The van der Waals surface area contributed by atoms with Crippen molar-refractivity contribution in [1.29, 1.82) is 5.26 Å². The van der Waals surface area contributed by atoms with Gasteiger partial charge in [0.2, 0.25) is 5.91 Å². The standard InChI is InChI=1S/C10H13ClN2O/c1-8(11)6-13-9(14)10(7-12)4-2-3-5-10/h1-6H2,(H,13,14). The van der Waals surface area contributed by atoms with Crippen molar-refractivity contribution >= 4 is 17.5 Å². The zero-order valence-electron chi connectivity index (χ0n) is 7.98. The van der Waals surface area contributed by atoms with Crippen molar-refractivity contribution in [3.8, 4) is 6.07 Å². The van der Waals surface area contributed by atoms with Gasteiger partial charge in [-0.25, -0.2) is 0 Å². The van der Waals surface area contributed by atoms with Crippen LogP contribution in [0.5, 0.6) is 0 Å². The van der Waals surface area contributed by atoms with E-state index >= 15 is 0 Å². The van der Waals surface area contributed by atoms with Crippen molar-refractivity contribution in [2.45, 2.75) is 25.7 Å². The normalized spacial score (nSPS) is 18.6. The fourth-order valence-electron chi connectivity index (χ4n) is 1.71. The number of carbonyl (C=O) groups is 1. The Morgan fingerprint density at radius 1 is 1.57 bits per heavy atom. The molecule has 76 valence electrons. The predicted molar refractivity (Wildman–Crippen MR) is 54.5 cm³/mol. The van der Waals surface area contributed by atoms with E-state index in [9.17, 15) is 4.79 Å². The second-order valence-electron chi connectivity index (χ2n) is 3.60. The largest absolute Gasteiger partial charge is 0.350 e. The predicted octanol–water partition coefficient (Wildman–Crippen LogP) is 1.94. The van der Waals surface area contributed by atoms with Crippen LogP contribution in [0.25, 0.3) is 0 Å². The summed E-state index contributed by atoms with van der Waals surface area (Å²) in [6.45, 7) is 3.71. The van der Waals surface area contributed by atoms with Gasteiger partial charge < -0.3 is 5.32 Å². The first-order chi connectivity index (χ1) is 6.60. The maximum absolute atomic E-state index is 11.7. The highest BCUT2D eigenvalue weighted by Gasteiger charge is 2.41. The minimum atomic E-state index is -0.813. The quantitative estimate of drug-likeness (QED) is 0.778. The Kier molecular flexibility index (Phi) is 3.54. The molecular weight excluding hydrogens is 200 g/mol. The molecule has 0 radical (unpaired) electrons. The maximum atomic E-state index is 11.7. The summed E-state index contributed by atoms with van der Waals surface area (Å²) in [5.74, 6) is -0.209. The molecule has 3 nitrogen and oxygen atoms in total. The number of hydrogen-bond acceptors (Lipinski definition) is 2. The van der Waals surface area contributed by atoms with E-state index in [1.54, 1.807) is 0 Å². The van der Waals surface area contributed by atoms with Gasteiger partial charge in [0, 0.05) is 5.03 Å². The minimum Gasteiger partial charge on any atom is -0.350 e. The molecule has 14 heavy (non-hydrogen) atoms. The molecule has 4 heteroatoms. The van der Waals surface area contributed by atoms with Crippen molar-refractivity contribution in [2.75, 3.05) is 6.54 Å². The van der Waals surface area contributed by atoms with Crippen LogP contribution in [0.4, 0.5) is 0 Å². The lowest BCUT2D eigenvalue weighted by atomic mass is 9.87. The van der Waals surface area contributed by atoms with Crippen LogP contribution in [0.2, 0.25) is 0 Å². The lowest BCUT2D eigenvalue weighted by Crippen LogP contribution is -2.38. The van der Waals surface area contributed by atoms with E-state index in [0.29, 0.717) is 17.9 Å². The third-order valence-electron chi connectivity index (χ3n) is 2.55. The third-order valence-corrected chi connectivity index (χ3v) is 2.68. The summed E-state index contributed by atoms with van der Waals surface area (Å²) in [5.41, 5.74) is -0.813. The van der Waals surface area contributed by atoms with Crippen molar-refractivity contribution in [2.24, 2.45) is 5.41 Å². The molecule has 0 aliphatic heterocycles. The lowest BCUT2D eigenvalue weighted by Gasteiger charge is -2.18. The monoisotopic (exact) mass is 212 g/mol. The molecule has 0 aromatic rings. The third kappa shape index (κ3) is 2.27. The summed E-state index contributed by atoms with van der Waals surface area (Å²) >= 11 is 5.53. The Morgan fingerprint density at radius 2 is 2.14 bits per heavy atom. The highest BCUT2D eigenvalue weighted by atomic mass is 35.5. The number of rotatable bonds is 3. The topological polar surface area (TPSA) is 52.9 Å². The van der Waals surface area contributed by atoms with E-state index in [4.69, 9.17) is 16.9 Å². The van der Waals surface area contributed by atoms with Crippen molar-refractivity contribution in [3.05, 3.63) is 11.6 Å². The Hall–Kier alpha value is -1.01. The first-order valence-corrected chi connectivity index (χ1v) is 5.01. The van der Waals surface area contributed by atoms with Crippen molar-refractivity contribution < 1.29 is 4.79 Å². The molecule has 1 rings (SSSR count). The van der Waals surface area contributed by atoms with Crippen LogP contribution < -0.4 is 5.32 Å². The highest BCUT2D eigenvalue weighted by Crippen LogP contribution is 2.37. The molecule has 1 fully saturated rings. The van der Waals surface area contributed by atoms with Crippen LogP contribution in [0.3, 0.4) is 0 Å². The van der Waals surface area contributed by atoms with Gasteiger partial charge >= 0.3 is 0 Å². The molecule has 1 N–H and O–H groups in total. The van der Waals surface area contributed by atoms with Crippen LogP contribution in [0.1, 0.15) is 25.7 Å². The summed E-state index contributed by atoms with van der Waals surface area (Å²) < 4.78 is 0. The fraction of sp³-hybridized carbons (Fsp3) is 0.600. The number of hydrogen-bond donors (Lipinski definition) is 1. The summed E-state index contributed by atoms with van der Waals surface area (Å²) in [4.78, 5) is 11.7. The van der Waals surface area contributed by atoms with Crippen molar-refractivity contribution in [3.63, 3.8) is 0 Å². The number of nitrogens with one attached hydrogen (secondary N) is 1. The first-order valence-electron chi connectivity index (χ1n) is 4.63. The smallest absolute Gasteiger partial charge is 0.240 e. The summed E-state index contributed by atoms with van der Waals surface area (Å²) in [7, 11) is 0. The maximum Gasteiger partial charge on any atom is 0.240 e. The molecule has 0 atom stereocenters. The van der Waals surface area contributed by atoms with Gasteiger partial charge in [0.05, 0.1) is 12.6 Å². The molecule has 1 amide bonds. The SMILES string of the molecule is C=C(Cl)CNC(=O)C1(C#N)CCCC1. The Labute approximate surface area is 88.7 Å². The second kappa shape index (κ2) is 4.47. The van der Waals surface area contributed by atoms with Crippen molar-refractivity contribution in [1.82, 2.24) is 5.32 Å². The Morgan fingerprint density at radius 3 is 2.57 bits per heavy atom. The zero-order chi connectivity index (χ0) is 10.6. The van der Waals surface area contributed by atoms with Crippen LogP contribution in [0.15, 0.2) is 11.6 Å². The summed E-state index contributed by atoms with van der Waals surface area (Å²) in [5, 5.41) is 12.0. The van der Waals surface area contributed by atoms with Crippen LogP contribution in [-0.2, 0) is 4.79 Å². The molecule has 0 spiro atoms. The van der Waals surface area contributed by atoms with Gasteiger partial charge in [-0.3, -0.25) is 4.79 Å². The highest BCUT2D eigenvalue weighted by molar-refractivity contribution is 6.29. The number of amides is 1. The van der Waals surface area contributed by atoms with Crippen LogP contribution in [0, 0.1) is 16.7 Å². The van der Waals surface area contributed by atoms with Gasteiger partial charge in [-0.2, -0.15) is 5.26 Å². The van der Waals surface area contributed by atoms with E-state index in [2.05, 4.69) is 18.0 Å². The zero-order valence-corrected chi connectivity index (χ0v) is 8.73. The molecule has 1 aliphatic carbocycles. The molecule has 0 bridgehead atoms. The first kappa shape index (κ1) is 11.1. The molecule has 0 heterocycles. The average molecular weight is 213 g/mol. The van der Waals surface area contributed by atoms with Gasteiger partial charge in [-0.15, -0.1) is 0 Å². The van der Waals surface area contributed by atoms with E-state index < -0.39 is 5.41 Å². The lowest BCUT2D eigenvalue weighted by molar-refractivity contribution is -0.127. The van der Waals surface area contributed by atoms with Gasteiger partial charge in [0.25, 0.3) is 0 Å². The van der Waals surface area contributed by atoms with Gasteiger partial charge in [-0.1, -0.05) is 31.0 Å². The Balaban J connectivity index is 2.58. The fourth-order valence-corrected chi connectivity index (χ4v) is 1.78. The van der Waals surface area contributed by atoms with E-state index in [0.717, 1.165) is 12.8 Å². The van der Waals surface area contributed by atoms with Gasteiger partial charge in [-0.05, 0) is 12.8 Å². The van der Waals surface area contributed by atoms with Crippen LogP contribution >= 0.6 is 11.6 Å². The molecular formula is C10H13ClN2O. The molecule has 0 unspecified atom stereocenters. The van der Waals surface area contributed by atoms with Crippen LogP contribution in [-0.4, -0.2) is 12.5 Å². The number of carbonyl (C=O) groups excluding carboxylic acids is 1. The Bertz CT molecular complexity index is 287. The number of nitrogens with zero attached hydrogens (tertiary/aromatic N) is 1. The minimum absolute atomic E-state index is 0.209. The van der Waals surface area contributed by atoms with Gasteiger partial charge in [0.15, 0.2) is 0 Å². The molecule has 1 aliphatic rings. The van der Waals surface area contributed by atoms with E-state index in [1.165, 1.54) is 0 Å². The summed E-state index contributed by atoms with van der Waals surface area (Å²) in [6.07, 6.45) is 3.21. The number of nitriles is 1.